The summed E-state index contributed by atoms with van der Waals surface area (Å²) in [6.07, 6.45) is 3.84. The van der Waals surface area contributed by atoms with E-state index in [1.165, 1.54) is 25.0 Å². The van der Waals surface area contributed by atoms with Crippen LogP contribution in [0.15, 0.2) is 5.38 Å². The summed E-state index contributed by atoms with van der Waals surface area (Å²) in [7, 11) is 0. The number of nitrogens with two attached hydrogens (primary N) is 1. The highest BCUT2D eigenvalue weighted by atomic mass is 32.1. The summed E-state index contributed by atoms with van der Waals surface area (Å²) in [6.45, 7) is 8.57. The molecule has 0 aliphatic carbocycles. The fourth-order valence-electron chi connectivity index (χ4n) is 3.01. The van der Waals surface area contributed by atoms with Crippen LogP contribution in [0.5, 0.6) is 0 Å². The lowest BCUT2D eigenvalue weighted by Gasteiger charge is -2.41. The summed E-state index contributed by atoms with van der Waals surface area (Å²) in [5.74, 6) is 0.860. The first-order valence-electron chi connectivity index (χ1n) is 7.03. The molecule has 1 aliphatic heterocycles. The zero-order valence-corrected chi connectivity index (χ0v) is 12.5. The highest BCUT2D eigenvalue weighted by Crippen LogP contribution is 2.32. The van der Waals surface area contributed by atoms with Crippen molar-refractivity contribution in [2.75, 3.05) is 13.1 Å². The van der Waals surface area contributed by atoms with Crippen LogP contribution in [0.3, 0.4) is 0 Å². The molecule has 2 heterocycles. The third kappa shape index (κ3) is 2.92. The van der Waals surface area contributed by atoms with E-state index in [9.17, 15) is 0 Å². The van der Waals surface area contributed by atoms with E-state index in [-0.39, 0.29) is 0 Å². The molecule has 0 aromatic carbocycles. The largest absolute Gasteiger partial charge is 0.329 e. The number of hydrogen-bond acceptors (Lipinski definition) is 4. The van der Waals surface area contributed by atoms with E-state index in [1.807, 2.05) is 0 Å². The van der Waals surface area contributed by atoms with Gasteiger partial charge >= 0.3 is 0 Å². The second-order valence-electron chi connectivity index (χ2n) is 5.39. The minimum Gasteiger partial charge on any atom is -0.329 e. The first-order valence-corrected chi connectivity index (χ1v) is 7.91. The van der Waals surface area contributed by atoms with Crippen LogP contribution in [0.25, 0.3) is 0 Å². The Hall–Kier alpha value is -0.450. The van der Waals surface area contributed by atoms with Crippen molar-refractivity contribution >= 4 is 11.3 Å². The van der Waals surface area contributed by atoms with E-state index < -0.39 is 0 Å². The van der Waals surface area contributed by atoms with Gasteiger partial charge in [-0.1, -0.05) is 13.3 Å². The van der Waals surface area contributed by atoms with Gasteiger partial charge in [0, 0.05) is 18.0 Å². The molecular formula is C14H25N3S. The van der Waals surface area contributed by atoms with Gasteiger partial charge < -0.3 is 5.73 Å². The number of hydrogen-bond donors (Lipinski definition) is 1. The van der Waals surface area contributed by atoms with Gasteiger partial charge in [-0.15, -0.1) is 11.3 Å². The van der Waals surface area contributed by atoms with E-state index in [4.69, 9.17) is 5.73 Å². The number of aryl methyl sites for hydroxylation is 1. The molecule has 1 saturated heterocycles. The molecule has 3 atom stereocenters. The topological polar surface area (TPSA) is 42.2 Å². The van der Waals surface area contributed by atoms with Crippen LogP contribution in [0.2, 0.25) is 0 Å². The lowest BCUT2D eigenvalue weighted by molar-refractivity contribution is 0.0758. The summed E-state index contributed by atoms with van der Waals surface area (Å²) in [6, 6.07) is 0.932. The van der Waals surface area contributed by atoms with Gasteiger partial charge in [-0.2, -0.15) is 0 Å². The Balaban J connectivity index is 2.07. The monoisotopic (exact) mass is 267 g/mol. The molecule has 1 fully saturated rings. The molecule has 4 heteroatoms. The fourth-order valence-corrected chi connectivity index (χ4v) is 3.71. The highest BCUT2D eigenvalue weighted by Gasteiger charge is 2.31. The maximum atomic E-state index is 5.97. The van der Waals surface area contributed by atoms with Crippen molar-refractivity contribution in [3.8, 4) is 0 Å². The minimum absolute atomic E-state index is 0.404. The molecule has 1 aliphatic rings. The van der Waals surface area contributed by atoms with Crippen molar-refractivity contribution in [3.63, 3.8) is 0 Å². The molecule has 0 amide bonds. The molecule has 1 aromatic rings. The summed E-state index contributed by atoms with van der Waals surface area (Å²) < 4.78 is 0. The third-order valence-corrected chi connectivity index (χ3v) is 5.07. The van der Waals surface area contributed by atoms with E-state index >= 15 is 0 Å². The molecule has 3 nitrogen and oxygen atoms in total. The van der Waals surface area contributed by atoms with Gasteiger partial charge in [0.2, 0.25) is 0 Å². The van der Waals surface area contributed by atoms with Crippen molar-refractivity contribution < 1.29 is 0 Å². The van der Waals surface area contributed by atoms with Gasteiger partial charge in [-0.3, -0.25) is 4.90 Å². The van der Waals surface area contributed by atoms with Crippen LogP contribution in [-0.2, 0) is 0 Å². The summed E-state index contributed by atoms with van der Waals surface area (Å²) in [4.78, 5) is 7.19. The quantitative estimate of drug-likeness (QED) is 0.912. The Morgan fingerprint density at radius 2 is 2.39 bits per heavy atom. The second-order valence-corrected chi connectivity index (χ2v) is 6.46. The summed E-state index contributed by atoms with van der Waals surface area (Å²) in [5, 5.41) is 3.35. The van der Waals surface area contributed by atoms with Crippen LogP contribution in [0.1, 0.15) is 49.9 Å². The lowest BCUT2D eigenvalue weighted by Crippen LogP contribution is -2.47. The fraction of sp³-hybridized carbons (Fsp3) is 0.786. The second kappa shape index (κ2) is 6.13. The lowest BCUT2D eigenvalue weighted by atomic mass is 9.88. The molecule has 102 valence electrons. The van der Waals surface area contributed by atoms with E-state index in [2.05, 4.69) is 36.0 Å². The summed E-state index contributed by atoms with van der Waals surface area (Å²) >= 11 is 1.74. The van der Waals surface area contributed by atoms with Crippen LogP contribution in [-0.4, -0.2) is 29.0 Å². The Bertz CT molecular complexity index is 377. The minimum atomic E-state index is 0.404. The molecule has 0 bridgehead atoms. The van der Waals surface area contributed by atoms with E-state index in [0.717, 1.165) is 24.0 Å². The van der Waals surface area contributed by atoms with Gasteiger partial charge in [-0.05, 0) is 39.2 Å². The predicted octanol–water partition coefficient (Wildman–Crippen LogP) is 2.96. The number of piperidine rings is 1. The Labute approximate surface area is 114 Å². The van der Waals surface area contributed by atoms with Crippen molar-refractivity contribution in [3.05, 3.63) is 16.1 Å². The SMILES string of the molecule is CCC1CCN(C(C)c2csc(C)n2)C(CN)C1. The molecule has 2 N–H and O–H groups in total. The molecule has 0 radical (unpaired) electrons. The number of nitrogens with zero attached hydrogens (tertiary/aromatic N) is 2. The molecule has 18 heavy (non-hydrogen) atoms. The standard InChI is InChI=1S/C14H25N3S/c1-4-12-5-6-17(13(7-12)8-15)10(2)14-9-18-11(3)16-14/h9-10,12-13H,4-8,15H2,1-3H3. The molecule has 1 aromatic heterocycles. The van der Waals surface area contributed by atoms with Gasteiger partial charge in [0.1, 0.15) is 0 Å². The van der Waals surface area contributed by atoms with Crippen LogP contribution in [0, 0.1) is 12.8 Å². The predicted molar refractivity (Wildman–Crippen MR) is 77.8 cm³/mol. The first kappa shape index (κ1) is 14.0. The van der Waals surface area contributed by atoms with Crippen LogP contribution < -0.4 is 5.73 Å². The maximum Gasteiger partial charge on any atom is 0.0898 e. The molecule has 2 rings (SSSR count). The van der Waals surface area contributed by atoms with Gasteiger partial charge in [0.15, 0.2) is 0 Å². The average molecular weight is 267 g/mol. The van der Waals surface area contributed by atoms with Crippen LogP contribution in [0.4, 0.5) is 0 Å². The molecule has 3 unspecified atom stereocenters. The third-order valence-electron chi connectivity index (χ3n) is 4.28. The Morgan fingerprint density at radius 3 is 2.94 bits per heavy atom. The zero-order valence-electron chi connectivity index (χ0n) is 11.7. The normalized spacial score (nSPS) is 27.3. The van der Waals surface area contributed by atoms with Crippen molar-refractivity contribution in [2.45, 2.75) is 52.1 Å². The van der Waals surface area contributed by atoms with Gasteiger partial charge in [-0.25, -0.2) is 4.98 Å². The Kier molecular flexibility index (Phi) is 4.76. The van der Waals surface area contributed by atoms with E-state index in [1.54, 1.807) is 11.3 Å². The average Bonchev–Trinajstić information content (AvgIpc) is 2.83. The number of thiazole rings is 1. The first-order chi connectivity index (χ1) is 8.65. The molecular weight excluding hydrogens is 242 g/mol. The smallest absolute Gasteiger partial charge is 0.0898 e. The van der Waals surface area contributed by atoms with Crippen molar-refractivity contribution in [2.24, 2.45) is 11.7 Å². The van der Waals surface area contributed by atoms with Crippen LogP contribution >= 0.6 is 11.3 Å². The van der Waals surface area contributed by atoms with Gasteiger partial charge in [0.25, 0.3) is 0 Å². The molecule has 0 spiro atoms. The Morgan fingerprint density at radius 1 is 1.61 bits per heavy atom. The number of rotatable bonds is 4. The van der Waals surface area contributed by atoms with Crippen molar-refractivity contribution in [1.82, 2.24) is 9.88 Å². The van der Waals surface area contributed by atoms with E-state index in [0.29, 0.717) is 12.1 Å². The maximum absolute atomic E-state index is 5.97. The zero-order chi connectivity index (χ0) is 13.1. The van der Waals surface area contributed by atoms with Crippen molar-refractivity contribution in [1.29, 1.82) is 0 Å². The number of likely N-dealkylation sites (tertiary alicyclic amines) is 1. The van der Waals surface area contributed by atoms with Gasteiger partial charge in [0.05, 0.1) is 16.7 Å². The number of aromatic nitrogens is 1. The summed E-state index contributed by atoms with van der Waals surface area (Å²) in [5.41, 5.74) is 7.19. The molecule has 0 saturated carbocycles. The highest BCUT2D eigenvalue weighted by molar-refractivity contribution is 7.09.